The average molecular weight is 491 g/mol. The van der Waals surface area contributed by atoms with E-state index in [-0.39, 0.29) is 24.9 Å². The molecule has 1 amide bonds. The summed E-state index contributed by atoms with van der Waals surface area (Å²) < 4.78 is 17.0. The van der Waals surface area contributed by atoms with Gasteiger partial charge in [-0.15, -0.1) is 5.10 Å². The molecule has 3 aromatic heterocycles. The molecule has 1 aromatic carbocycles. The number of rotatable bonds is 7. The van der Waals surface area contributed by atoms with Crippen molar-refractivity contribution >= 4 is 5.91 Å². The third kappa shape index (κ3) is 4.88. The topological polar surface area (TPSA) is 105 Å². The van der Waals surface area contributed by atoms with E-state index in [9.17, 15) is 9.18 Å². The summed E-state index contributed by atoms with van der Waals surface area (Å²) in [6.07, 6.45) is 5.14. The summed E-state index contributed by atoms with van der Waals surface area (Å²) in [4.78, 5) is 25.7. The molecule has 10 nitrogen and oxygen atoms in total. The number of amides is 1. The smallest absolute Gasteiger partial charge is 0.244 e. The molecule has 36 heavy (non-hydrogen) atoms. The molecule has 0 aliphatic carbocycles. The summed E-state index contributed by atoms with van der Waals surface area (Å²) in [5.74, 6) is 0.236. The van der Waals surface area contributed by atoms with Crippen molar-refractivity contribution in [3.8, 4) is 34.0 Å². The van der Waals surface area contributed by atoms with Crippen LogP contribution in [0.2, 0.25) is 0 Å². The number of hydrogen-bond donors (Lipinski definition) is 1. The largest absolute Gasteiger partial charge is 0.395 e. The van der Waals surface area contributed by atoms with Crippen LogP contribution in [-0.4, -0.2) is 89.7 Å². The first-order chi connectivity index (χ1) is 17.5. The second-order valence-electron chi connectivity index (χ2n) is 8.68. The number of carbonyl (C=O) groups excluding carboxylic acids is 1. The molecule has 0 unspecified atom stereocenters. The number of β-amino-alcohol motifs (C(OH)–C–C–N with tert-alkyl or cyclic N) is 1. The quantitative estimate of drug-likeness (QED) is 0.420. The second kappa shape index (κ2) is 10.3. The van der Waals surface area contributed by atoms with Crippen molar-refractivity contribution in [3.63, 3.8) is 0 Å². The van der Waals surface area contributed by atoms with Crippen LogP contribution < -0.4 is 0 Å². The molecule has 0 saturated carbocycles. The average Bonchev–Trinajstić information content (AvgIpc) is 3.49. The zero-order valence-electron chi connectivity index (χ0n) is 20.0. The third-order valence-electron chi connectivity index (χ3n) is 6.37. The van der Waals surface area contributed by atoms with Gasteiger partial charge in [0, 0.05) is 63.3 Å². The van der Waals surface area contributed by atoms with Gasteiger partial charge in [0.05, 0.1) is 24.2 Å². The molecule has 0 bridgehead atoms. The summed E-state index contributed by atoms with van der Waals surface area (Å²) >= 11 is 0. The first-order valence-electron chi connectivity index (χ1n) is 11.8. The summed E-state index contributed by atoms with van der Waals surface area (Å²) in [7, 11) is 1.89. The number of aromatic nitrogens is 6. The first-order valence-corrected chi connectivity index (χ1v) is 11.8. The predicted molar refractivity (Wildman–Crippen MR) is 131 cm³/mol. The van der Waals surface area contributed by atoms with Gasteiger partial charge in [0.15, 0.2) is 5.82 Å². The Hall–Kier alpha value is -3.96. The Morgan fingerprint density at radius 2 is 1.75 bits per heavy atom. The molecule has 11 heteroatoms. The van der Waals surface area contributed by atoms with Crippen molar-refractivity contribution in [1.29, 1.82) is 0 Å². The SMILES string of the molecule is Cn1c(-c2cn(CC(=O)N3CCN(CCO)CC3)nn2)nc(-c2ccc(F)cc2)c1-c1ccncc1. The molecular weight excluding hydrogens is 463 g/mol. The summed E-state index contributed by atoms with van der Waals surface area (Å²) in [5.41, 5.74) is 3.73. The molecule has 4 heterocycles. The van der Waals surface area contributed by atoms with Crippen LogP contribution in [0.25, 0.3) is 34.0 Å². The van der Waals surface area contributed by atoms with Crippen molar-refractivity contribution in [1.82, 2.24) is 39.3 Å². The first kappa shape index (κ1) is 23.8. The van der Waals surface area contributed by atoms with Gasteiger partial charge in [0.2, 0.25) is 5.91 Å². The van der Waals surface area contributed by atoms with Gasteiger partial charge in [-0.05, 0) is 36.4 Å². The standard InChI is InChI=1S/C25H27FN8O2/c1-31-24(19-6-8-27-9-7-19)23(18-2-4-20(26)5-3-18)28-25(31)21-16-34(30-29-21)17-22(36)33-12-10-32(11-13-33)14-15-35/h2-9,16,35H,10-15,17H2,1H3. The maximum Gasteiger partial charge on any atom is 0.244 e. The van der Waals surface area contributed by atoms with Gasteiger partial charge in [0.25, 0.3) is 0 Å². The Kier molecular flexibility index (Phi) is 6.83. The normalized spacial score (nSPS) is 14.4. The maximum absolute atomic E-state index is 13.6. The Morgan fingerprint density at radius 1 is 1.03 bits per heavy atom. The van der Waals surface area contributed by atoms with Crippen LogP contribution in [-0.2, 0) is 18.4 Å². The fourth-order valence-electron chi connectivity index (χ4n) is 4.46. The minimum absolute atomic E-state index is 0.0283. The van der Waals surface area contributed by atoms with Gasteiger partial charge in [0.1, 0.15) is 18.1 Å². The number of piperazine rings is 1. The minimum atomic E-state index is -0.317. The molecule has 0 atom stereocenters. The fourth-order valence-corrected chi connectivity index (χ4v) is 4.46. The van der Waals surface area contributed by atoms with E-state index in [1.54, 1.807) is 30.7 Å². The number of carbonyl (C=O) groups is 1. The summed E-state index contributed by atoms with van der Waals surface area (Å²) in [5, 5.41) is 17.6. The van der Waals surface area contributed by atoms with Crippen molar-refractivity contribution in [2.24, 2.45) is 7.05 Å². The lowest BCUT2D eigenvalue weighted by Crippen LogP contribution is -2.50. The van der Waals surface area contributed by atoms with Gasteiger partial charge < -0.3 is 14.6 Å². The van der Waals surface area contributed by atoms with Gasteiger partial charge in [-0.2, -0.15) is 0 Å². The van der Waals surface area contributed by atoms with E-state index in [1.807, 2.05) is 28.6 Å². The van der Waals surface area contributed by atoms with Crippen molar-refractivity contribution < 1.29 is 14.3 Å². The number of aliphatic hydroxyl groups is 1. The number of hydrogen-bond acceptors (Lipinski definition) is 7. The van der Waals surface area contributed by atoms with Crippen molar-refractivity contribution in [2.45, 2.75) is 6.54 Å². The molecular formula is C25H27FN8O2. The molecule has 1 aliphatic heterocycles. The lowest BCUT2D eigenvalue weighted by Gasteiger charge is -2.34. The van der Waals surface area contributed by atoms with E-state index in [2.05, 4.69) is 20.2 Å². The van der Waals surface area contributed by atoms with Crippen LogP contribution in [0.4, 0.5) is 4.39 Å². The zero-order valence-corrected chi connectivity index (χ0v) is 20.0. The summed E-state index contributed by atoms with van der Waals surface area (Å²) in [6, 6.07) is 9.99. The number of nitrogens with zero attached hydrogens (tertiary/aromatic N) is 8. The van der Waals surface area contributed by atoms with Crippen LogP contribution in [0.3, 0.4) is 0 Å². The fraction of sp³-hybridized carbons (Fsp3) is 0.320. The molecule has 186 valence electrons. The maximum atomic E-state index is 13.6. The predicted octanol–water partition coefficient (Wildman–Crippen LogP) is 1.68. The van der Waals surface area contributed by atoms with E-state index >= 15 is 0 Å². The Balaban J connectivity index is 1.40. The molecule has 1 aliphatic rings. The number of halogens is 1. The highest BCUT2D eigenvalue weighted by Crippen LogP contribution is 2.34. The van der Waals surface area contributed by atoms with Crippen LogP contribution in [0.15, 0.2) is 55.0 Å². The number of pyridine rings is 1. The lowest BCUT2D eigenvalue weighted by molar-refractivity contribution is -0.133. The highest BCUT2D eigenvalue weighted by atomic mass is 19.1. The Bertz CT molecular complexity index is 1330. The highest BCUT2D eigenvalue weighted by molar-refractivity contribution is 5.81. The Morgan fingerprint density at radius 3 is 2.44 bits per heavy atom. The van der Waals surface area contributed by atoms with Gasteiger partial charge in [-0.25, -0.2) is 14.1 Å². The van der Waals surface area contributed by atoms with E-state index in [1.165, 1.54) is 16.8 Å². The summed E-state index contributed by atoms with van der Waals surface area (Å²) in [6.45, 7) is 3.55. The lowest BCUT2D eigenvalue weighted by atomic mass is 10.1. The van der Waals surface area contributed by atoms with E-state index in [0.717, 1.165) is 29.9 Å². The molecule has 0 spiro atoms. The molecule has 1 saturated heterocycles. The molecule has 0 radical (unpaired) electrons. The molecule has 1 N–H and O–H groups in total. The zero-order chi connectivity index (χ0) is 25.1. The van der Waals surface area contributed by atoms with E-state index in [4.69, 9.17) is 10.1 Å². The number of benzene rings is 1. The van der Waals surface area contributed by atoms with Crippen LogP contribution >= 0.6 is 0 Å². The van der Waals surface area contributed by atoms with E-state index < -0.39 is 0 Å². The van der Waals surface area contributed by atoms with Gasteiger partial charge in [-0.3, -0.25) is 14.7 Å². The van der Waals surface area contributed by atoms with Crippen LogP contribution in [0, 0.1) is 5.82 Å². The monoisotopic (exact) mass is 490 g/mol. The van der Waals surface area contributed by atoms with Crippen LogP contribution in [0.1, 0.15) is 0 Å². The second-order valence-corrected chi connectivity index (χ2v) is 8.68. The van der Waals surface area contributed by atoms with Crippen molar-refractivity contribution in [3.05, 3.63) is 60.8 Å². The third-order valence-corrected chi connectivity index (χ3v) is 6.37. The highest BCUT2D eigenvalue weighted by Gasteiger charge is 2.23. The molecule has 4 aromatic rings. The Labute approximate surface area is 207 Å². The van der Waals surface area contributed by atoms with E-state index in [0.29, 0.717) is 36.8 Å². The van der Waals surface area contributed by atoms with Gasteiger partial charge in [-0.1, -0.05) is 5.21 Å². The van der Waals surface area contributed by atoms with Crippen LogP contribution in [0.5, 0.6) is 0 Å². The number of imidazole rings is 1. The van der Waals surface area contributed by atoms with Gasteiger partial charge >= 0.3 is 0 Å². The van der Waals surface area contributed by atoms with Crippen molar-refractivity contribution in [2.75, 3.05) is 39.3 Å². The minimum Gasteiger partial charge on any atom is -0.395 e. The molecule has 5 rings (SSSR count). The number of aliphatic hydroxyl groups excluding tert-OH is 1. The molecule has 1 fully saturated rings.